The lowest BCUT2D eigenvalue weighted by molar-refractivity contribution is 0.502. The van der Waals surface area contributed by atoms with E-state index >= 15 is 0 Å². The van der Waals surface area contributed by atoms with E-state index in [2.05, 4.69) is 248 Å². The van der Waals surface area contributed by atoms with Crippen molar-refractivity contribution in [2.24, 2.45) is 0 Å². The van der Waals surface area contributed by atoms with E-state index < -0.39 is 5.41 Å². The summed E-state index contributed by atoms with van der Waals surface area (Å²) in [5.74, 6) is 0.780. The molecule has 0 radical (unpaired) electrons. The van der Waals surface area contributed by atoms with Crippen LogP contribution in [-0.4, -0.2) is 0 Å². The first-order valence-electron chi connectivity index (χ1n) is 26.6. The molecule has 0 aliphatic heterocycles. The number of aryl methyl sites for hydroxylation is 1. The summed E-state index contributed by atoms with van der Waals surface area (Å²) in [4.78, 5) is 4.68. The number of fused-ring (bicyclic) bond motifs is 19. The van der Waals surface area contributed by atoms with Gasteiger partial charge in [-0.25, -0.2) is 0 Å². The molecule has 0 atom stereocenters. The van der Waals surface area contributed by atoms with Crippen molar-refractivity contribution in [1.82, 2.24) is 0 Å². The van der Waals surface area contributed by atoms with Gasteiger partial charge >= 0.3 is 0 Å². The minimum Gasteiger partial charge on any atom is -0.461 e. The molecule has 0 fully saturated rings. The Bertz CT molecular complexity index is 4780. The number of para-hydroxylation sites is 3. The summed E-state index contributed by atoms with van der Waals surface area (Å²) in [7, 11) is 0. The fourth-order valence-corrected chi connectivity index (χ4v) is 13.4. The number of anilines is 5. The van der Waals surface area contributed by atoms with Crippen LogP contribution in [0.15, 0.2) is 265 Å². The van der Waals surface area contributed by atoms with Gasteiger partial charge in [0.25, 0.3) is 0 Å². The van der Waals surface area contributed by atoms with E-state index in [-0.39, 0.29) is 0 Å². The van der Waals surface area contributed by atoms with Crippen molar-refractivity contribution in [2.45, 2.75) is 12.3 Å². The molecule has 0 N–H and O–H groups in total. The summed E-state index contributed by atoms with van der Waals surface area (Å²) in [5, 5.41) is 10.2. The van der Waals surface area contributed by atoms with Crippen molar-refractivity contribution in [3.05, 3.63) is 300 Å². The van der Waals surface area contributed by atoms with E-state index in [4.69, 9.17) is 8.83 Å². The second-order valence-electron chi connectivity index (χ2n) is 20.4. The van der Waals surface area contributed by atoms with Crippen LogP contribution >= 0.6 is 0 Å². The van der Waals surface area contributed by atoms with Crippen molar-refractivity contribution in [3.8, 4) is 22.3 Å². The first kappa shape index (κ1) is 45.3. The van der Waals surface area contributed by atoms with Gasteiger partial charge in [0.15, 0.2) is 0 Å². The number of benzene rings is 11. The predicted molar refractivity (Wildman–Crippen MR) is 327 cm³/mol. The molecule has 2 aromatic heterocycles. The van der Waals surface area contributed by atoms with Gasteiger partial charge < -0.3 is 18.6 Å². The summed E-state index contributed by atoms with van der Waals surface area (Å²) >= 11 is 0. The Balaban J connectivity index is 1.02. The molecule has 1 spiro atoms. The van der Waals surface area contributed by atoms with Crippen LogP contribution < -0.4 is 20.4 Å². The Morgan fingerprint density at radius 1 is 0.487 bits per heavy atom. The lowest BCUT2D eigenvalue weighted by Crippen LogP contribution is -2.30. The zero-order valence-corrected chi connectivity index (χ0v) is 43.0. The smallest absolute Gasteiger partial charge is 0.137 e. The summed E-state index contributed by atoms with van der Waals surface area (Å²) in [6.45, 7) is 14.8. The molecule has 2 aliphatic rings. The van der Waals surface area contributed by atoms with Crippen LogP contribution in [0.1, 0.15) is 33.6 Å². The van der Waals surface area contributed by atoms with E-state index in [0.717, 1.165) is 83.4 Å². The fraction of sp³-hybridized carbons (Fsp3) is 0.0270. The van der Waals surface area contributed by atoms with Gasteiger partial charge in [0.1, 0.15) is 22.3 Å². The van der Waals surface area contributed by atoms with E-state index in [1.165, 1.54) is 66.1 Å². The standard InChI is InChI=1S/C74H50N2O2/c1-5-7-27-54-46(3)77-47(4)70(54)66(6-2)75(50-23-10-8-11-24-50)52-39-38-48-43-62-65(44-49(48)42-52)74(63-33-19-16-29-56(63)57-30-17-20-34-64(57)74)73-59-41-40-53(45-61(59)55-28-14-15-31-58(55)71(62)73)76(51-25-12-9-13-26-51)67-35-22-37-69-72(67)60-32-18-21-36-68(60)78-69/h5-45H,1-2,4H2,3H3/b27-7-,70-66-. The molecular formula is C74H50N2O2. The van der Waals surface area contributed by atoms with Gasteiger partial charge in [0.2, 0.25) is 0 Å². The monoisotopic (exact) mass is 998 g/mol. The van der Waals surface area contributed by atoms with Gasteiger partial charge in [-0.05, 0) is 169 Å². The molecule has 15 rings (SSSR count). The quantitative estimate of drug-likeness (QED) is 0.107. The average molecular weight is 999 g/mol. The summed E-state index contributed by atoms with van der Waals surface area (Å²) in [6, 6.07) is 82.2. The van der Waals surface area contributed by atoms with Crippen LogP contribution in [0.25, 0.3) is 94.9 Å². The molecule has 0 unspecified atom stereocenters. The van der Waals surface area contributed by atoms with E-state index in [1.54, 1.807) is 6.08 Å². The Morgan fingerprint density at radius 2 is 1.14 bits per heavy atom. The van der Waals surface area contributed by atoms with Gasteiger partial charge in [-0.15, -0.1) is 0 Å². The van der Waals surface area contributed by atoms with Crippen LogP contribution in [0.4, 0.5) is 28.4 Å². The van der Waals surface area contributed by atoms with E-state index in [9.17, 15) is 0 Å². The number of hydrogen-bond donors (Lipinski definition) is 0. The fourth-order valence-electron chi connectivity index (χ4n) is 13.4. The van der Waals surface area contributed by atoms with Gasteiger partial charge in [-0.3, -0.25) is 0 Å². The highest BCUT2D eigenvalue weighted by molar-refractivity contribution is 6.22. The molecule has 2 heterocycles. The van der Waals surface area contributed by atoms with Crippen LogP contribution in [0.2, 0.25) is 0 Å². The lowest BCUT2D eigenvalue weighted by atomic mass is 9.69. The molecule has 0 saturated heterocycles. The summed E-state index contributed by atoms with van der Waals surface area (Å²) < 4.78 is 12.8. The molecular weight excluding hydrogens is 949 g/mol. The normalized spacial score (nSPS) is 13.3. The van der Waals surface area contributed by atoms with Gasteiger partial charge in [0, 0.05) is 33.7 Å². The maximum atomic E-state index is 6.51. The van der Waals surface area contributed by atoms with Crippen molar-refractivity contribution in [1.29, 1.82) is 0 Å². The highest BCUT2D eigenvalue weighted by Crippen LogP contribution is 2.66. The van der Waals surface area contributed by atoms with E-state index in [1.807, 2.05) is 31.2 Å². The van der Waals surface area contributed by atoms with Gasteiger partial charge in [-0.2, -0.15) is 0 Å². The van der Waals surface area contributed by atoms with Gasteiger partial charge in [0.05, 0.1) is 27.4 Å². The number of nitrogens with zero attached hydrogens (tertiary/aromatic N) is 2. The topological polar surface area (TPSA) is 32.8 Å². The molecule has 4 nitrogen and oxygen atoms in total. The Kier molecular flexibility index (Phi) is 10.1. The lowest BCUT2D eigenvalue weighted by Gasteiger charge is -2.32. The van der Waals surface area contributed by atoms with Crippen molar-refractivity contribution in [3.63, 3.8) is 0 Å². The maximum Gasteiger partial charge on any atom is 0.137 e. The minimum atomic E-state index is -0.659. The molecule has 0 bridgehead atoms. The molecule has 11 aromatic carbocycles. The Labute approximate surface area is 452 Å². The van der Waals surface area contributed by atoms with Gasteiger partial charge in [-0.1, -0.05) is 184 Å². The van der Waals surface area contributed by atoms with Crippen LogP contribution in [0.5, 0.6) is 0 Å². The molecule has 78 heavy (non-hydrogen) atoms. The van der Waals surface area contributed by atoms with Crippen LogP contribution in [0.3, 0.4) is 0 Å². The number of hydrogen-bond acceptors (Lipinski definition) is 4. The number of rotatable bonds is 9. The van der Waals surface area contributed by atoms with Crippen molar-refractivity contribution < 1.29 is 8.83 Å². The SMILES string of the molecule is C=C/C=C\c1c(C)oc(=C)/c1=C(\C=C)N(c1ccccc1)c1ccc2cc3c(cc2c1)C1(c2ccccc2-c2ccccc21)c1c-3c2ccccc2c2cc(N(c3ccccc3)c3cccc4oc5ccccc5c34)ccc12. The number of furan rings is 2. The third-order valence-electron chi connectivity index (χ3n) is 16.4. The molecule has 368 valence electrons. The molecule has 13 aromatic rings. The predicted octanol–water partition coefficient (Wildman–Crippen LogP) is 18.5. The van der Waals surface area contributed by atoms with Crippen molar-refractivity contribution in [2.75, 3.05) is 9.80 Å². The third-order valence-corrected chi connectivity index (χ3v) is 16.4. The maximum absolute atomic E-state index is 6.51. The largest absolute Gasteiger partial charge is 0.461 e. The zero-order valence-electron chi connectivity index (χ0n) is 43.0. The second-order valence-corrected chi connectivity index (χ2v) is 20.4. The highest BCUT2D eigenvalue weighted by atomic mass is 16.3. The molecule has 2 aliphatic carbocycles. The molecule has 4 heteroatoms. The first-order valence-corrected chi connectivity index (χ1v) is 26.6. The average Bonchev–Trinajstić information content (AvgIpc) is 4.29. The molecule has 0 saturated carbocycles. The summed E-state index contributed by atoms with van der Waals surface area (Å²) in [6.07, 6.45) is 7.68. The highest BCUT2D eigenvalue weighted by Gasteiger charge is 2.53. The Hall–Kier alpha value is -10.2. The first-order chi connectivity index (χ1) is 38.5. The number of allylic oxidation sites excluding steroid dienone is 2. The van der Waals surface area contributed by atoms with E-state index in [0.29, 0.717) is 5.42 Å². The minimum absolute atomic E-state index is 0.576. The van der Waals surface area contributed by atoms with Crippen LogP contribution in [-0.2, 0) is 5.41 Å². The second kappa shape index (κ2) is 17.5. The summed E-state index contributed by atoms with van der Waals surface area (Å²) in [5.41, 5.74) is 18.8. The Morgan fingerprint density at radius 3 is 1.88 bits per heavy atom. The zero-order chi connectivity index (χ0) is 52.2. The third kappa shape index (κ3) is 6.41. The molecule has 0 amide bonds. The van der Waals surface area contributed by atoms with Crippen LogP contribution in [0, 0.1) is 6.92 Å². The van der Waals surface area contributed by atoms with Crippen molar-refractivity contribution >= 4 is 101 Å².